The second-order valence-electron chi connectivity index (χ2n) is 5.46. The maximum atomic E-state index is 5.51. The van der Waals surface area contributed by atoms with E-state index in [0.29, 0.717) is 0 Å². The van der Waals surface area contributed by atoms with Crippen molar-refractivity contribution < 1.29 is 4.74 Å². The Morgan fingerprint density at radius 3 is 3.00 bits per heavy atom. The highest BCUT2D eigenvalue weighted by Gasteiger charge is 2.34. The molecule has 1 fully saturated rings. The zero-order valence-corrected chi connectivity index (χ0v) is 10.8. The summed E-state index contributed by atoms with van der Waals surface area (Å²) < 4.78 is 5.51. The van der Waals surface area contributed by atoms with E-state index in [2.05, 4.69) is 30.1 Å². The fourth-order valence-corrected chi connectivity index (χ4v) is 3.59. The lowest BCUT2D eigenvalue weighted by Gasteiger charge is -2.43. The minimum atomic E-state index is 0.753. The Hall–Kier alpha value is -1.02. The molecule has 0 spiro atoms. The van der Waals surface area contributed by atoms with Gasteiger partial charge in [-0.1, -0.05) is 12.1 Å². The molecule has 2 heteroatoms. The van der Waals surface area contributed by atoms with Crippen LogP contribution in [0.15, 0.2) is 18.2 Å². The summed E-state index contributed by atoms with van der Waals surface area (Å²) in [6.45, 7) is 1.26. The van der Waals surface area contributed by atoms with Gasteiger partial charge in [-0.05, 0) is 62.4 Å². The number of rotatable bonds is 1. The van der Waals surface area contributed by atoms with Crippen molar-refractivity contribution in [2.45, 2.75) is 31.7 Å². The predicted octanol–water partition coefficient (Wildman–Crippen LogP) is 2.50. The molecular weight excluding hydrogens is 210 g/mol. The summed E-state index contributed by atoms with van der Waals surface area (Å²) >= 11 is 0. The number of likely N-dealkylation sites (tertiary alicyclic amines) is 1. The topological polar surface area (TPSA) is 12.5 Å². The monoisotopic (exact) mass is 231 g/mol. The zero-order valence-electron chi connectivity index (χ0n) is 10.8. The Labute approximate surface area is 104 Å². The molecule has 0 aromatic heterocycles. The van der Waals surface area contributed by atoms with E-state index in [1.54, 1.807) is 7.11 Å². The zero-order chi connectivity index (χ0) is 11.8. The maximum Gasteiger partial charge on any atom is 0.122 e. The number of hydrogen-bond donors (Lipinski definition) is 0. The summed E-state index contributed by atoms with van der Waals surface area (Å²) in [4.78, 5) is 2.55. The fraction of sp³-hybridized carbons (Fsp3) is 0.600. The number of fused-ring (bicyclic) bond motifs is 2. The normalized spacial score (nSPS) is 28.4. The van der Waals surface area contributed by atoms with Crippen molar-refractivity contribution in [1.82, 2.24) is 4.90 Å². The van der Waals surface area contributed by atoms with Crippen LogP contribution in [0.25, 0.3) is 0 Å². The summed E-state index contributed by atoms with van der Waals surface area (Å²) in [7, 11) is 4.07. The lowest BCUT2D eigenvalue weighted by Crippen LogP contribution is -2.47. The van der Waals surface area contributed by atoms with Crippen molar-refractivity contribution in [1.29, 1.82) is 0 Å². The van der Waals surface area contributed by atoms with Gasteiger partial charge in [0.25, 0.3) is 0 Å². The van der Waals surface area contributed by atoms with Crippen molar-refractivity contribution in [2.75, 3.05) is 20.7 Å². The molecule has 3 rings (SSSR count). The van der Waals surface area contributed by atoms with Crippen LogP contribution in [-0.4, -0.2) is 31.6 Å². The number of nitrogens with zero attached hydrogens (tertiary/aromatic N) is 1. The van der Waals surface area contributed by atoms with E-state index in [0.717, 1.165) is 17.7 Å². The van der Waals surface area contributed by atoms with E-state index in [1.807, 2.05) is 0 Å². The SMILES string of the molecule is COc1cccc2c1C[C@H]1CCCN(C)[C@H]1C2. The first-order valence-corrected chi connectivity index (χ1v) is 6.64. The Bertz CT molecular complexity index is 415. The van der Waals surface area contributed by atoms with Gasteiger partial charge in [0.1, 0.15) is 5.75 Å². The van der Waals surface area contributed by atoms with E-state index >= 15 is 0 Å². The summed E-state index contributed by atoms with van der Waals surface area (Å²) in [5.41, 5.74) is 2.96. The van der Waals surface area contributed by atoms with Crippen LogP contribution in [0.3, 0.4) is 0 Å². The Morgan fingerprint density at radius 2 is 2.18 bits per heavy atom. The molecule has 1 aliphatic carbocycles. The van der Waals surface area contributed by atoms with Gasteiger partial charge in [-0.2, -0.15) is 0 Å². The molecule has 92 valence electrons. The molecule has 2 atom stereocenters. The first-order chi connectivity index (χ1) is 8.29. The van der Waals surface area contributed by atoms with Crippen molar-refractivity contribution in [2.24, 2.45) is 5.92 Å². The van der Waals surface area contributed by atoms with Gasteiger partial charge in [0.15, 0.2) is 0 Å². The van der Waals surface area contributed by atoms with Crippen molar-refractivity contribution >= 4 is 0 Å². The molecule has 1 saturated heterocycles. The first-order valence-electron chi connectivity index (χ1n) is 6.64. The lowest BCUT2D eigenvalue weighted by atomic mass is 9.75. The lowest BCUT2D eigenvalue weighted by molar-refractivity contribution is 0.111. The molecule has 1 aliphatic heterocycles. The third-order valence-electron chi connectivity index (χ3n) is 4.54. The highest BCUT2D eigenvalue weighted by atomic mass is 16.5. The van der Waals surface area contributed by atoms with Gasteiger partial charge in [0.05, 0.1) is 7.11 Å². The second kappa shape index (κ2) is 4.34. The molecule has 17 heavy (non-hydrogen) atoms. The molecular formula is C15H21NO. The third kappa shape index (κ3) is 1.85. The van der Waals surface area contributed by atoms with E-state index in [-0.39, 0.29) is 0 Å². The van der Waals surface area contributed by atoms with Crippen LogP contribution < -0.4 is 4.74 Å². The summed E-state index contributed by atoms with van der Waals surface area (Å²) in [5.74, 6) is 1.92. The van der Waals surface area contributed by atoms with Crippen molar-refractivity contribution in [3.63, 3.8) is 0 Å². The molecule has 1 aromatic rings. The van der Waals surface area contributed by atoms with Crippen molar-refractivity contribution in [3.05, 3.63) is 29.3 Å². The molecule has 0 amide bonds. The number of benzene rings is 1. The molecule has 0 N–H and O–H groups in total. The second-order valence-corrected chi connectivity index (χ2v) is 5.46. The van der Waals surface area contributed by atoms with Gasteiger partial charge in [-0.25, -0.2) is 0 Å². The standard InChI is InChI=1S/C15H21NO/c1-16-8-4-6-12-9-13-11(10-14(12)16)5-3-7-15(13)17-2/h3,5,7,12,14H,4,6,8-10H2,1-2H3/t12-,14+/m1/s1. The number of likely N-dealkylation sites (N-methyl/N-ethyl adjacent to an activating group) is 1. The van der Waals surface area contributed by atoms with Crippen LogP contribution in [-0.2, 0) is 12.8 Å². The highest BCUT2D eigenvalue weighted by Crippen LogP contribution is 2.37. The van der Waals surface area contributed by atoms with Crippen LogP contribution in [0.5, 0.6) is 5.75 Å². The average Bonchev–Trinajstić information content (AvgIpc) is 2.36. The van der Waals surface area contributed by atoms with Gasteiger partial charge in [0.2, 0.25) is 0 Å². The van der Waals surface area contributed by atoms with Gasteiger partial charge in [0, 0.05) is 6.04 Å². The summed E-state index contributed by atoms with van der Waals surface area (Å²) in [6, 6.07) is 7.26. The van der Waals surface area contributed by atoms with E-state index in [1.165, 1.54) is 43.4 Å². The fourth-order valence-electron chi connectivity index (χ4n) is 3.59. The minimum absolute atomic E-state index is 0.753. The van der Waals surface area contributed by atoms with Crippen LogP contribution in [0, 0.1) is 5.92 Å². The Kier molecular flexibility index (Phi) is 2.83. The Balaban J connectivity index is 1.95. The molecule has 2 aliphatic rings. The van der Waals surface area contributed by atoms with Gasteiger partial charge in [-0.15, -0.1) is 0 Å². The van der Waals surface area contributed by atoms with Crippen LogP contribution in [0.2, 0.25) is 0 Å². The van der Waals surface area contributed by atoms with E-state index in [9.17, 15) is 0 Å². The molecule has 0 radical (unpaired) electrons. The number of piperidine rings is 1. The molecule has 1 heterocycles. The average molecular weight is 231 g/mol. The quantitative estimate of drug-likeness (QED) is 0.736. The third-order valence-corrected chi connectivity index (χ3v) is 4.54. The van der Waals surface area contributed by atoms with E-state index < -0.39 is 0 Å². The largest absolute Gasteiger partial charge is 0.496 e. The predicted molar refractivity (Wildman–Crippen MR) is 69.5 cm³/mol. The smallest absolute Gasteiger partial charge is 0.122 e. The van der Waals surface area contributed by atoms with Crippen LogP contribution >= 0.6 is 0 Å². The Morgan fingerprint density at radius 1 is 1.29 bits per heavy atom. The maximum absolute atomic E-state index is 5.51. The first kappa shape index (κ1) is 11.1. The van der Waals surface area contributed by atoms with Gasteiger partial charge in [-0.3, -0.25) is 0 Å². The van der Waals surface area contributed by atoms with E-state index in [4.69, 9.17) is 4.74 Å². The highest BCUT2D eigenvalue weighted by molar-refractivity contribution is 5.43. The number of hydrogen-bond acceptors (Lipinski definition) is 2. The molecule has 2 nitrogen and oxygen atoms in total. The minimum Gasteiger partial charge on any atom is -0.496 e. The number of ether oxygens (including phenoxy) is 1. The molecule has 0 saturated carbocycles. The molecule has 0 unspecified atom stereocenters. The van der Waals surface area contributed by atoms with Gasteiger partial charge >= 0.3 is 0 Å². The summed E-state index contributed by atoms with van der Waals surface area (Å²) in [5, 5.41) is 0. The molecule has 0 bridgehead atoms. The van der Waals surface area contributed by atoms with Gasteiger partial charge < -0.3 is 9.64 Å². The van der Waals surface area contributed by atoms with Crippen LogP contribution in [0.4, 0.5) is 0 Å². The number of methoxy groups -OCH3 is 1. The molecule has 1 aromatic carbocycles. The van der Waals surface area contributed by atoms with Crippen LogP contribution in [0.1, 0.15) is 24.0 Å². The summed E-state index contributed by atoms with van der Waals surface area (Å²) in [6.07, 6.45) is 5.14. The van der Waals surface area contributed by atoms with Crippen molar-refractivity contribution in [3.8, 4) is 5.75 Å².